The standard InChI is InChI=1S/C11H20N2O3/c1-10(2,3)11(8-12-16)6-4-5-7-13(11)9(14)15/h8,16H,4-7H2,1-3H3,(H,14,15). The van der Waals surface area contributed by atoms with Crippen molar-refractivity contribution in [1.29, 1.82) is 0 Å². The molecule has 16 heavy (non-hydrogen) atoms. The van der Waals surface area contributed by atoms with Gasteiger partial charge in [-0.3, -0.25) is 4.90 Å². The van der Waals surface area contributed by atoms with Gasteiger partial charge in [-0.1, -0.05) is 25.9 Å². The number of carboxylic acid groups (broad SMARTS) is 1. The molecule has 1 aliphatic rings. The average Bonchev–Trinajstić information content (AvgIpc) is 2.16. The fourth-order valence-corrected chi connectivity index (χ4v) is 2.47. The normalized spacial score (nSPS) is 27.3. The van der Waals surface area contributed by atoms with E-state index in [0.29, 0.717) is 13.0 Å². The monoisotopic (exact) mass is 228 g/mol. The highest BCUT2D eigenvalue weighted by Gasteiger charge is 2.49. The first-order valence-electron chi connectivity index (χ1n) is 5.54. The van der Waals surface area contributed by atoms with E-state index >= 15 is 0 Å². The molecule has 92 valence electrons. The Kier molecular flexibility index (Phi) is 3.45. The molecule has 0 saturated carbocycles. The maximum Gasteiger partial charge on any atom is 0.408 e. The maximum absolute atomic E-state index is 11.3. The van der Waals surface area contributed by atoms with Crippen molar-refractivity contribution in [2.45, 2.75) is 45.6 Å². The lowest BCUT2D eigenvalue weighted by Gasteiger charge is -2.50. The molecular formula is C11H20N2O3. The van der Waals surface area contributed by atoms with Gasteiger partial charge in [-0.25, -0.2) is 4.79 Å². The Hall–Kier alpha value is -1.26. The summed E-state index contributed by atoms with van der Waals surface area (Å²) in [6, 6.07) is 0. The molecule has 0 aliphatic carbocycles. The summed E-state index contributed by atoms with van der Waals surface area (Å²) in [5.41, 5.74) is -0.996. The Bertz CT molecular complexity index is 296. The first-order valence-corrected chi connectivity index (χ1v) is 5.54. The number of nitrogens with zero attached hydrogens (tertiary/aromatic N) is 2. The molecule has 2 N–H and O–H groups in total. The van der Waals surface area contributed by atoms with Crippen LogP contribution in [0.4, 0.5) is 4.79 Å². The highest BCUT2D eigenvalue weighted by Crippen LogP contribution is 2.41. The number of carbonyl (C=O) groups is 1. The van der Waals surface area contributed by atoms with Gasteiger partial charge in [0.15, 0.2) is 0 Å². The second kappa shape index (κ2) is 4.31. The fraction of sp³-hybridized carbons (Fsp3) is 0.818. The van der Waals surface area contributed by atoms with E-state index in [1.54, 1.807) is 0 Å². The second-order valence-electron chi connectivity index (χ2n) is 5.31. The Balaban J connectivity index is 3.18. The van der Waals surface area contributed by atoms with Crippen molar-refractivity contribution >= 4 is 12.3 Å². The summed E-state index contributed by atoms with van der Waals surface area (Å²) in [6.07, 6.45) is 2.94. The zero-order chi connectivity index (χ0) is 12.4. The van der Waals surface area contributed by atoms with Crippen molar-refractivity contribution in [3.8, 4) is 0 Å². The van der Waals surface area contributed by atoms with Crippen LogP contribution in [0.5, 0.6) is 0 Å². The lowest BCUT2D eigenvalue weighted by molar-refractivity contribution is 0.0241. The molecule has 0 bridgehead atoms. The third kappa shape index (κ3) is 1.99. The van der Waals surface area contributed by atoms with Gasteiger partial charge < -0.3 is 10.3 Å². The third-order valence-electron chi connectivity index (χ3n) is 3.47. The lowest BCUT2D eigenvalue weighted by Crippen LogP contribution is -2.62. The molecule has 1 rings (SSSR count). The van der Waals surface area contributed by atoms with Crippen molar-refractivity contribution in [1.82, 2.24) is 4.90 Å². The summed E-state index contributed by atoms with van der Waals surface area (Å²) >= 11 is 0. The van der Waals surface area contributed by atoms with Crippen molar-refractivity contribution in [3.63, 3.8) is 0 Å². The number of likely N-dealkylation sites (tertiary alicyclic amines) is 1. The van der Waals surface area contributed by atoms with Gasteiger partial charge in [0.2, 0.25) is 0 Å². The number of oxime groups is 1. The second-order valence-corrected chi connectivity index (χ2v) is 5.31. The number of amides is 1. The van der Waals surface area contributed by atoms with E-state index < -0.39 is 11.6 Å². The van der Waals surface area contributed by atoms with Gasteiger partial charge in [0, 0.05) is 6.54 Å². The van der Waals surface area contributed by atoms with Crippen LogP contribution < -0.4 is 0 Å². The first-order chi connectivity index (χ1) is 7.35. The molecule has 5 nitrogen and oxygen atoms in total. The van der Waals surface area contributed by atoms with Crippen molar-refractivity contribution in [3.05, 3.63) is 0 Å². The Morgan fingerprint density at radius 2 is 2.06 bits per heavy atom. The van der Waals surface area contributed by atoms with E-state index in [1.807, 2.05) is 20.8 Å². The van der Waals surface area contributed by atoms with E-state index in [-0.39, 0.29) is 5.41 Å². The Morgan fingerprint density at radius 1 is 1.44 bits per heavy atom. The minimum Gasteiger partial charge on any atom is -0.465 e. The molecule has 1 atom stereocenters. The molecular weight excluding hydrogens is 208 g/mol. The van der Waals surface area contributed by atoms with Crippen LogP contribution in [-0.2, 0) is 0 Å². The van der Waals surface area contributed by atoms with Crippen molar-refractivity contribution < 1.29 is 15.1 Å². The summed E-state index contributed by atoms with van der Waals surface area (Å²) in [4.78, 5) is 12.7. The molecule has 0 radical (unpaired) electrons. The highest BCUT2D eigenvalue weighted by atomic mass is 16.4. The number of hydrogen-bond acceptors (Lipinski definition) is 3. The fourth-order valence-electron chi connectivity index (χ4n) is 2.47. The van der Waals surface area contributed by atoms with Crippen LogP contribution in [-0.4, -0.2) is 39.6 Å². The van der Waals surface area contributed by atoms with Crippen LogP contribution in [0.25, 0.3) is 0 Å². The maximum atomic E-state index is 11.3. The van der Waals surface area contributed by atoms with Crippen LogP contribution in [0.1, 0.15) is 40.0 Å². The molecule has 1 saturated heterocycles. The largest absolute Gasteiger partial charge is 0.465 e. The van der Waals surface area contributed by atoms with Crippen LogP contribution >= 0.6 is 0 Å². The molecule has 0 aromatic heterocycles. The van der Waals surface area contributed by atoms with Gasteiger partial charge in [0.25, 0.3) is 0 Å². The number of hydrogen-bond donors (Lipinski definition) is 2. The molecule has 0 aromatic rings. The predicted octanol–water partition coefficient (Wildman–Crippen LogP) is 2.40. The van der Waals surface area contributed by atoms with Gasteiger partial charge >= 0.3 is 6.09 Å². The SMILES string of the molecule is CC(C)(C)C1(C=NO)CCCCN1C(=O)O. The third-order valence-corrected chi connectivity index (χ3v) is 3.47. The quantitative estimate of drug-likeness (QED) is 0.411. The molecule has 5 heteroatoms. The molecule has 0 aromatic carbocycles. The highest BCUT2D eigenvalue weighted by molar-refractivity contribution is 5.79. The molecule has 0 spiro atoms. The van der Waals surface area contributed by atoms with Crippen LogP contribution in [0.3, 0.4) is 0 Å². The van der Waals surface area contributed by atoms with Crippen LogP contribution in [0, 0.1) is 5.41 Å². The molecule has 1 unspecified atom stereocenters. The van der Waals surface area contributed by atoms with Gasteiger partial charge in [0.1, 0.15) is 0 Å². The minimum atomic E-state index is -0.950. The number of rotatable bonds is 1. The van der Waals surface area contributed by atoms with Gasteiger partial charge in [-0.2, -0.15) is 0 Å². The van der Waals surface area contributed by atoms with E-state index in [0.717, 1.165) is 12.8 Å². The first kappa shape index (κ1) is 12.8. The zero-order valence-electron chi connectivity index (χ0n) is 10.1. The van der Waals surface area contributed by atoms with Crippen molar-refractivity contribution in [2.75, 3.05) is 6.54 Å². The Labute approximate surface area is 95.7 Å². The average molecular weight is 228 g/mol. The van der Waals surface area contributed by atoms with Gasteiger partial charge in [0.05, 0.1) is 11.8 Å². The van der Waals surface area contributed by atoms with Crippen LogP contribution in [0.15, 0.2) is 5.16 Å². The van der Waals surface area contributed by atoms with Gasteiger partial charge in [-0.15, -0.1) is 0 Å². The smallest absolute Gasteiger partial charge is 0.408 e. The van der Waals surface area contributed by atoms with Crippen molar-refractivity contribution in [2.24, 2.45) is 10.6 Å². The summed E-state index contributed by atoms with van der Waals surface area (Å²) in [7, 11) is 0. The van der Waals surface area contributed by atoms with E-state index in [2.05, 4.69) is 5.16 Å². The van der Waals surface area contributed by atoms with Crippen LogP contribution in [0.2, 0.25) is 0 Å². The topological polar surface area (TPSA) is 73.1 Å². The summed E-state index contributed by atoms with van der Waals surface area (Å²) in [6.45, 7) is 6.40. The van der Waals surface area contributed by atoms with E-state index in [9.17, 15) is 9.90 Å². The van der Waals surface area contributed by atoms with E-state index in [4.69, 9.17) is 5.21 Å². The number of piperidine rings is 1. The molecule has 1 heterocycles. The lowest BCUT2D eigenvalue weighted by atomic mass is 9.68. The molecule has 1 amide bonds. The minimum absolute atomic E-state index is 0.294. The predicted molar refractivity (Wildman–Crippen MR) is 61.0 cm³/mol. The molecule has 1 aliphatic heterocycles. The van der Waals surface area contributed by atoms with Gasteiger partial charge in [-0.05, 0) is 24.7 Å². The Morgan fingerprint density at radius 3 is 2.50 bits per heavy atom. The summed E-state index contributed by atoms with van der Waals surface area (Å²) in [5, 5.41) is 21.1. The zero-order valence-corrected chi connectivity index (χ0v) is 10.1. The summed E-state index contributed by atoms with van der Waals surface area (Å²) in [5.74, 6) is 0. The summed E-state index contributed by atoms with van der Waals surface area (Å²) < 4.78 is 0. The molecule has 1 fully saturated rings. The van der Waals surface area contributed by atoms with E-state index in [1.165, 1.54) is 11.1 Å².